The summed E-state index contributed by atoms with van der Waals surface area (Å²) in [6.07, 6.45) is 10.5. The van der Waals surface area contributed by atoms with Crippen molar-refractivity contribution < 1.29 is 9.69 Å². The van der Waals surface area contributed by atoms with Gasteiger partial charge in [-0.1, -0.05) is 48.9 Å². The molecule has 0 spiro atoms. The van der Waals surface area contributed by atoms with Gasteiger partial charge in [0.25, 0.3) is 5.91 Å². The van der Waals surface area contributed by atoms with Crippen LogP contribution >= 0.6 is 0 Å². The molecular formula is C25H33N2O+. The van der Waals surface area contributed by atoms with Crippen LogP contribution in [0, 0.1) is 0 Å². The molecule has 1 heterocycles. The van der Waals surface area contributed by atoms with Gasteiger partial charge in [-0.15, -0.1) is 0 Å². The fourth-order valence-corrected chi connectivity index (χ4v) is 5.19. The third kappa shape index (κ3) is 4.30. The molecule has 1 saturated heterocycles. The van der Waals surface area contributed by atoms with Gasteiger partial charge in [-0.2, -0.15) is 0 Å². The molecule has 2 fully saturated rings. The van der Waals surface area contributed by atoms with Gasteiger partial charge in [0.2, 0.25) is 0 Å². The summed E-state index contributed by atoms with van der Waals surface area (Å²) < 4.78 is 0. The van der Waals surface area contributed by atoms with Crippen molar-refractivity contribution in [2.45, 2.75) is 56.9 Å². The van der Waals surface area contributed by atoms with Crippen LogP contribution in [0.3, 0.4) is 0 Å². The van der Waals surface area contributed by atoms with E-state index in [4.69, 9.17) is 0 Å². The fourth-order valence-electron chi connectivity index (χ4n) is 5.19. The number of piperidine rings is 1. The fraction of sp³-hybridized carbons (Fsp3) is 0.480. The number of carbonyl (C=O) groups excluding carboxylic acids is 1. The number of amides is 1. The second-order valence-corrected chi connectivity index (χ2v) is 8.63. The second kappa shape index (κ2) is 8.91. The molecule has 0 radical (unpaired) electrons. The molecule has 28 heavy (non-hydrogen) atoms. The minimum atomic E-state index is 0.0703. The van der Waals surface area contributed by atoms with Crippen molar-refractivity contribution in [1.29, 1.82) is 0 Å². The zero-order chi connectivity index (χ0) is 19.2. The average Bonchev–Trinajstić information content (AvgIpc) is 2.79. The standard InChI is InChI=1S/C25H32N2O/c28-24(23-14-12-22(13-15-23)21-10-4-1-5-11-21)26-20-25(16-6-2-7-17-25)27-18-8-3-9-19-27/h1,4-5,10-15H,2-3,6-9,16-20H2,(H,26,28)/p+1. The van der Waals surface area contributed by atoms with E-state index in [2.05, 4.69) is 29.6 Å². The van der Waals surface area contributed by atoms with E-state index in [1.807, 2.05) is 30.3 Å². The zero-order valence-electron chi connectivity index (χ0n) is 16.9. The summed E-state index contributed by atoms with van der Waals surface area (Å²) in [5.41, 5.74) is 3.36. The minimum Gasteiger partial charge on any atom is -0.346 e. The van der Waals surface area contributed by atoms with Crippen LogP contribution in [0.5, 0.6) is 0 Å². The average molecular weight is 378 g/mol. The topological polar surface area (TPSA) is 33.5 Å². The van der Waals surface area contributed by atoms with E-state index in [-0.39, 0.29) is 11.4 Å². The van der Waals surface area contributed by atoms with Crippen LogP contribution in [-0.4, -0.2) is 31.1 Å². The Morgan fingerprint density at radius 3 is 2.07 bits per heavy atom. The zero-order valence-corrected chi connectivity index (χ0v) is 16.9. The SMILES string of the molecule is O=C(NCC1([NH+]2CCCCC2)CCCCC1)c1ccc(-c2ccccc2)cc1. The number of hydrogen-bond donors (Lipinski definition) is 2. The second-order valence-electron chi connectivity index (χ2n) is 8.63. The molecule has 148 valence electrons. The Kier molecular flexibility index (Phi) is 6.11. The largest absolute Gasteiger partial charge is 0.346 e. The van der Waals surface area contributed by atoms with Crippen LogP contribution in [0.4, 0.5) is 0 Å². The number of likely N-dealkylation sites (tertiary alicyclic amines) is 1. The number of rotatable bonds is 5. The van der Waals surface area contributed by atoms with Crippen LogP contribution in [-0.2, 0) is 0 Å². The van der Waals surface area contributed by atoms with Gasteiger partial charge in [0, 0.05) is 18.4 Å². The number of benzene rings is 2. The molecule has 4 rings (SSSR count). The molecule has 1 aliphatic heterocycles. The van der Waals surface area contributed by atoms with Gasteiger partial charge in [0.1, 0.15) is 5.54 Å². The van der Waals surface area contributed by atoms with Gasteiger partial charge in [0.15, 0.2) is 0 Å². The predicted molar refractivity (Wildman–Crippen MR) is 115 cm³/mol. The highest BCUT2D eigenvalue weighted by molar-refractivity contribution is 5.94. The summed E-state index contributed by atoms with van der Waals surface area (Å²) in [7, 11) is 0. The van der Waals surface area contributed by atoms with E-state index in [9.17, 15) is 4.79 Å². The summed E-state index contributed by atoms with van der Waals surface area (Å²) in [6.45, 7) is 3.38. The van der Waals surface area contributed by atoms with E-state index in [1.54, 1.807) is 4.90 Å². The highest BCUT2D eigenvalue weighted by Gasteiger charge is 2.42. The van der Waals surface area contributed by atoms with Crippen molar-refractivity contribution >= 4 is 5.91 Å². The first-order valence-electron chi connectivity index (χ1n) is 11.1. The van der Waals surface area contributed by atoms with Crippen LogP contribution < -0.4 is 10.2 Å². The summed E-state index contributed by atoms with van der Waals surface area (Å²) in [4.78, 5) is 14.6. The first-order chi connectivity index (χ1) is 13.8. The van der Waals surface area contributed by atoms with Gasteiger partial charge in [0.05, 0.1) is 19.6 Å². The Balaban J connectivity index is 1.42. The highest BCUT2D eigenvalue weighted by Crippen LogP contribution is 2.26. The van der Waals surface area contributed by atoms with Gasteiger partial charge in [-0.05, 0) is 55.4 Å². The maximum Gasteiger partial charge on any atom is 0.251 e. The molecule has 0 atom stereocenters. The number of hydrogen-bond acceptors (Lipinski definition) is 1. The third-order valence-electron chi connectivity index (χ3n) is 6.86. The quantitative estimate of drug-likeness (QED) is 0.815. The minimum absolute atomic E-state index is 0.0703. The molecule has 0 unspecified atom stereocenters. The number of nitrogens with one attached hydrogen (secondary N) is 2. The van der Waals surface area contributed by atoms with Crippen LogP contribution in [0.25, 0.3) is 11.1 Å². The molecule has 2 aromatic carbocycles. The lowest BCUT2D eigenvalue weighted by atomic mass is 9.79. The summed E-state index contributed by atoms with van der Waals surface area (Å²) in [6, 6.07) is 18.3. The van der Waals surface area contributed by atoms with Gasteiger partial charge in [-0.3, -0.25) is 4.79 Å². The maximum atomic E-state index is 12.8. The van der Waals surface area contributed by atoms with Gasteiger partial charge >= 0.3 is 0 Å². The normalized spacial score (nSPS) is 19.9. The lowest BCUT2D eigenvalue weighted by Crippen LogP contribution is -3.22. The molecule has 2 aliphatic rings. The third-order valence-corrected chi connectivity index (χ3v) is 6.86. The smallest absolute Gasteiger partial charge is 0.251 e. The van der Waals surface area contributed by atoms with Crippen LogP contribution in [0.2, 0.25) is 0 Å². The Bertz CT molecular complexity index is 757. The van der Waals surface area contributed by atoms with E-state index < -0.39 is 0 Å². The van der Waals surface area contributed by atoms with E-state index in [0.29, 0.717) is 0 Å². The highest BCUT2D eigenvalue weighted by atomic mass is 16.1. The van der Waals surface area contributed by atoms with Gasteiger partial charge in [-0.25, -0.2) is 0 Å². The molecule has 1 saturated carbocycles. The van der Waals surface area contributed by atoms with Crippen molar-refractivity contribution in [1.82, 2.24) is 5.32 Å². The van der Waals surface area contributed by atoms with Crippen molar-refractivity contribution in [2.75, 3.05) is 19.6 Å². The van der Waals surface area contributed by atoms with E-state index >= 15 is 0 Å². The first kappa shape index (κ1) is 19.2. The Morgan fingerprint density at radius 1 is 0.786 bits per heavy atom. The summed E-state index contributed by atoms with van der Waals surface area (Å²) in [5.74, 6) is 0.0703. The Morgan fingerprint density at radius 2 is 1.39 bits per heavy atom. The lowest BCUT2D eigenvalue weighted by molar-refractivity contribution is -0.957. The van der Waals surface area contributed by atoms with Crippen molar-refractivity contribution in [3.05, 3.63) is 60.2 Å². The number of carbonyl (C=O) groups is 1. The molecule has 2 N–H and O–H groups in total. The molecule has 1 amide bonds. The summed E-state index contributed by atoms with van der Waals surface area (Å²) >= 11 is 0. The van der Waals surface area contributed by atoms with E-state index in [0.717, 1.165) is 17.7 Å². The molecule has 2 aromatic rings. The number of quaternary nitrogens is 1. The monoisotopic (exact) mass is 377 g/mol. The van der Waals surface area contributed by atoms with E-state index in [1.165, 1.54) is 70.0 Å². The van der Waals surface area contributed by atoms with Crippen molar-refractivity contribution in [3.8, 4) is 11.1 Å². The summed E-state index contributed by atoms with van der Waals surface area (Å²) in [5, 5.41) is 3.31. The Hall–Kier alpha value is -2.13. The first-order valence-corrected chi connectivity index (χ1v) is 11.1. The maximum absolute atomic E-state index is 12.8. The Labute approximate surface area is 169 Å². The van der Waals surface area contributed by atoms with Crippen molar-refractivity contribution in [2.24, 2.45) is 0 Å². The molecule has 0 bridgehead atoms. The van der Waals surface area contributed by atoms with Gasteiger partial charge < -0.3 is 10.2 Å². The predicted octanol–water partition coefficient (Wildman–Crippen LogP) is 3.86. The van der Waals surface area contributed by atoms with Crippen molar-refractivity contribution in [3.63, 3.8) is 0 Å². The molecule has 3 heteroatoms. The molecular weight excluding hydrogens is 344 g/mol. The van der Waals surface area contributed by atoms with Crippen LogP contribution in [0.1, 0.15) is 61.7 Å². The van der Waals surface area contributed by atoms with Crippen LogP contribution in [0.15, 0.2) is 54.6 Å². The molecule has 3 nitrogen and oxygen atoms in total. The molecule has 1 aliphatic carbocycles. The lowest BCUT2D eigenvalue weighted by Gasteiger charge is -2.45. The molecule has 0 aromatic heterocycles.